The van der Waals surface area contributed by atoms with Crippen molar-refractivity contribution in [3.8, 4) is 5.75 Å². The summed E-state index contributed by atoms with van der Waals surface area (Å²) in [6.45, 7) is 0.609. The number of sulfone groups is 1. The van der Waals surface area contributed by atoms with Gasteiger partial charge in [-0.25, -0.2) is 18.4 Å². The van der Waals surface area contributed by atoms with Gasteiger partial charge in [-0.1, -0.05) is 12.1 Å². The fourth-order valence-electron chi connectivity index (χ4n) is 3.18. The van der Waals surface area contributed by atoms with Crippen LogP contribution in [0, 0.1) is 0 Å². The van der Waals surface area contributed by atoms with Gasteiger partial charge in [0, 0.05) is 13.1 Å². The molecule has 144 valence electrons. The number of fused-ring (bicyclic) bond motifs is 2. The van der Waals surface area contributed by atoms with E-state index < -0.39 is 9.84 Å². The molecule has 0 aliphatic rings. The molecular formula is C19H19N5O3S. The number of hydrogen-bond acceptors (Lipinski definition) is 7. The molecule has 0 aliphatic heterocycles. The van der Waals surface area contributed by atoms with E-state index in [0.29, 0.717) is 29.0 Å². The lowest BCUT2D eigenvalue weighted by Gasteiger charge is -2.07. The fraction of sp³-hybridized carbons (Fsp3) is 0.158. The van der Waals surface area contributed by atoms with E-state index in [2.05, 4.69) is 9.97 Å². The number of nitrogens with two attached hydrogens (primary N) is 2. The van der Waals surface area contributed by atoms with Crippen LogP contribution in [0.3, 0.4) is 0 Å². The highest BCUT2D eigenvalue weighted by Crippen LogP contribution is 2.35. The third-order valence-corrected chi connectivity index (χ3v) is 6.37. The summed E-state index contributed by atoms with van der Waals surface area (Å²) in [6.07, 6.45) is 0. The van der Waals surface area contributed by atoms with Crippen LogP contribution in [0.15, 0.2) is 58.3 Å². The van der Waals surface area contributed by atoms with Crippen molar-refractivity contribution in [2.75, 3.05) is 19.4 Å². The molecule has 0 unspecified atom stereocenters. The first-order valence-corrected chi connectivity index (χ1v) is 10.1. The normalized spacial score (nSPS) is 11.9. The summed E-state index contributed by atoms with van der Waals surface area (Å²) in [5.41, 5.74) is 13.8. The Hall–Kier alpha value is -3.17. The van der Waals surface area contributed by atoms with E-state index in [4.69, 9.17) is 16.2 Å². The van der Waals surface area contributed by atoms with Gasteiger partial charge in [0.05, 0.1) is 23.0 Å². The molecule has 28 heavy (non-hydrogen) atoms. The summed E-state index contributed by atoms with van der Waals surface area (Å²) in [5.74, 6) is 0.634. The first-order valence-electron chi connectivity index (χ1n) is 8.61. The number of methoxy groups -OCH3 is 1. The van der Waals surface area contributed by atoms with Crippen LogP contribution in [0.5, 0.6) is 5.75 Å². The minimum Gasteiger partial charge on any atom is -0.497 e. The topological polar surface area (TPSA) is 126 Å². The first kappa shape index (κ1) is 18.2. The van der Waals surface area contributed by atoms with Gasteiger partial charge in [-0.05, 0) is 36.4 Å². The van der Waals surface area contributed by atoms with Gasteiger partial charge in [0.1, 0.15) is 22.0 Å². The maximum absolute atomic E-state index is 13.4. The molecule has 4 aromatic rings. The number of anilines is 1. The van der Waals surface area contributed by atoms with Crippen molar-refractivity contribution in [2.24, 2.45) is 5.73 Å². The Balaban J connectivity index is 2.04. The summed E-state index contributed by atoms with van der Waals surface area (Å²) < 4.78 is 33.5. The van der Waals surface area contributed by atoms with E-state index in [1.807, 2.05) is 18.2 Å². The quantitative estimate of drug-likeness (QED) is 0.527. The molecule has 0 fully saturated rings. The molecule has 4 rings (SSSR count). The highest BCUT2D eigenvalue weighted by molar-refractivity contribution is 7.92. The van der Waals surface area contributed by atoms with E-state index in [1.54, 1.807) is 22.8 Å². The molecule has 0 radical (unpaired) electrons. The van der Waals surface area contributed by atoms with E-state index >= 15 is 0 Å². The van der Waals surface area contributed by atoms with Crippen LogP contribution < -0.4 is 16.2 Å². The summed E-state index contributed by atoms with van der Waals surface area (Å²) in [5, 5.41) is 0. The van der Waals surface area contributed by atoms with Gasteiger partial charge in [0.15, 0.2) is 5.65 Å². The zero-order chi connectivity index (χ0) is 19.9. The highest BCUT2D eigenvalue weighted by Gasteiger charge is 2.30. The number of aromatic nitrogens is 3. The van der Waals surface area contributed by atoms with Crippen molar-refractivity contribution in [2.45, 2.75) is 16.3 Å². The van der Waals surface area contributed by atoms with Crippen molar-refractivity contribution in [3.63, 3.8) is 0 Å². The Morgan fingerprint density at radius 3 is 2.29 bits per heavy atom. The number of nitrogens with zero attached hydrogens (tertiary/aromatic N) is 3. The molecule has 2 heterocycles. The Bertz CT molecular complexity index is 1280. The van der Waals surface area contributed by atoms with E-state index in [0.717, 1.165) is 0 Å². The molecule has 8 nitrogen and oxygen atoms in total. The van der Waals surface area contributed by atoms with E-state index in [-0.39, 0.29) is 27.7 Å². The van der Waals surface area contributed by atoms with Crippen LogP contribution in [0.2, 0.25) is 0 Å². The van der Waals surface area contributed by atoms with E-state index in [1.165, 1.54) is 19.2 Å². The van der Waals surface area contributed by atoms with Gasteiger partial charge in [0.2, 0.25) is 9.84 Å². The molecule has 0 aliphatic carbocycles. The molecule has 0 bridgehead atoms. The van der Waals surface area contributed by atoms with Crippen LogP contribution >= 0.6 is 0 Å². The molecule has 0 spiro atoms. The van der Waals surface area contributed by atoms with Crippen LogP contribution in [0.1, 0.15) is 0 Å². The minimum absolute atomic E-state index is 0.0561. The standard InChI is InChI=1S/C19H19N5O3S/c1-27-12-6-8-13(9-7-12)28(25,26)17-16-19(24(11-10-20)18(17)21)23-15-5-3-2-4-14(15)22-16/h2-9H,10-11,20-21H2,1H3. The number of benzene rings is 2. The zero-order valence-electron chi connectivity index (χ0n) is 15.2. The highest BCUT2D eigenvalue weighted by atomic mass is 32.2. The van der Waals surface area contributed by atoms with Crippen molar-refractivity contribution >= 4 is 37.9 Å². The molecule has 2 aromatic heterocycles. The third-order valence-electron chi connectivity index (χ3n) is 4.54. The molecule has 0 amide bonds. The van der Waals surface area contributed by atoms with E-state index in [9.17, 15) is 8.42 Å². The summed E-state index contributed by atoms with van der Waals surface area (Å²) in [4.78, 5) is 9.19. The maximum atomic E-state index is 13.4. The average Bonchev–Trinajstić information content (AvgIpc) is 2.98. The summed E-state index contributed by atoms with van der Waals surface area (Å²) in [7, 11) is -2.42. The average molecular weight is 397 g/mol. The number of hydrogen-bond donors (Lipinski definition) is 2. The van der Waals surface area contributed by atoms with Crippen LogP contribution in [-0.2, 0) is 16.4 Å². The van der Waals surface area contributed by atoms with Crippen molar-refractivity contribution in [3.05, 3.63) is 48.5 Å². The lowest BCUT2D eigenvalue weighted by molar-refractivity contribution is 0.414. The molecule has 2 aromatic carbocycles. The first-order chi connectivity index (χ1) is 13.5. The van der Waals surface area contributed by atoms with Gasteiger partial charge in [-0.15, -0.1) is 0 Å². The fourth-order valence-corrected chi connectivity index (χ4v) is 4.69. The lowest BCUT2D eigenvalue weighted by atomic mass is 10.3. The van der Waals surface area contributed by atoms with Gasteiger partial charge < -0.3 is 20.8 Å². The van der Waals surface area contributed by atoms with Gasteiger partial charge in [0.25, 0.3) is 0 Å². The molecule has 0 saturated carbocycles. The van der Waals surface area contributed by atoms with Crippen LogP contribution in [-0.4, -0.2) is 36.6 Å². The Kier molecular flexibility index (Phi) is 4.40. The predicted molar refractivity (Wildman–Crippen MR) is 107 cm³/mol. The largest absolute Gasteiger partial charge is 0.497 e. The van der Waals surface area contributed by atoms with Gasteiger partial charge >= 0.3 is 0 Å². The van der Waals surface area contributed by atoms with Crippen molar-refractivity contribution in [1.82, 2.24) is 14.5 Å². The van der Waals surface area contributed by atoms with Crippen LogP contribution in [0.4, 0.5) is 5.82 Å². The number of ether oxygens (including phenoxy) is 1. The van der Waals surface area contributed by atoms with Crippen molar-refractivity contribution < 1.29 is 13.2 Å². The summed E-state index contributed by atoms with van der Waals surface area (Å²) in [6, 6.07) is 13.4. The van der Waals surface area contributed by atoms with Crippen molar-refractivity contribution in [1.29, 1.82) is 0 Å². The molecule has 4 N–H and O–H groups in total. The SMILES string of the molecule is COc1ccc(S(=O)(=O)c2c(N)n(CCN)c3nc4ccccc4nc23)cc1. The Morgan fingerprint density at radius 1 is 1.04 bits per heavy atom. The minimum atomic E-state index is -3.93. The second kappa shape index (κ2) is 6.77. The number of nitrogen functional groups attached to an aromatic ring is 1. The van der Waals surface area contributed by atoms with Gasteiger partial charge in [-0.2, -0.15) is 0 Å². The Morgan fingerprint density at radius 2 is 1.68 bits per heavy atom. The molecular weight excluding hydrogens is 378 g/mol. The van der Waals surface area contributed by atoms with Crippen LogP contribution in [0.25, 0.3) is 22.2 Å². The zero-order valence-corrected chi connectivity index (χ0v) is 16.0. The van der Waals surface area contributed by atoms with Gasteiger partial charge in [-0.3, -0.25) is 0 Å². The lowest BCUT2D eigenvalue weighted by Crippen LogP contribution is -2.13. The molecule has 0 saturated heterocycles. The third kappa shape index (κ3) is 2.76. The Labute approximate surface area is 161 Å². The second-order valence-electron chi connectivity index (χ2n) is 6.22. The smallest absolute Gasteiger partial charge is 0.212 e. The maximum Gasteiger partial charge on any atom is 0.212 e. The number of rotatable bonds is 5. The summed E-state index contributed by atoms with van der Waals surface area (Å²) >= 11 is 0. The molecule has 9 heteroatoms. The monoisotopic (exact) mass is 397 g/mol. The predicted octanol–water partition coefficient (Wildman–Crippen LogP) is 1.97. The molecule has 0 atom stereocenters. The second-order valence-corrected chi connectivity index (χ2v) is 8.10. The number of para-hydroxylation sites is 2.